The quantitative estimate of drug-likeness (QED) is 0.579. The molecule has 3 rings (SSSR count). The molecular formula is C14H13ClN4OS. The van der Waals surface area contributed by atoms with Gasteiger partial charge in [-0.05, 0) is 24.3 Å². The normalized spacial score (nSPS) is 13.0. The lowest BCUT2D eigenvalue weighted by Gasteiger charge is -2.21. The fraction of sp³-hybridized carbons (Fsp3) is 0.0714. The molecule has 0 amide bonds. The predicted octanol–water partition coefficient (Wildman–Crippen LogP) is 3.83. The van der Waals surface area contributed by atoms with Gasteiger partial charge in [0.25, 0.3) is 0 Å². The number of rotatable bonds is 2. The van der Waals surface area contributed by atoms with Gasteiger partial charge < -0.3 is 21.1 Å². The average molecular weight is 321 g/mol. The molecule has 0 atom stereocenters. The third-order valence-corrected chi connectivity index (χ3v) is 3.89. The van der Waals surface area contributed by atoms with E-state index in [1.807, 2.05) is 30.3 Å². The Morgan fingerprint density at radius 1 is 1.33 bits per heavy atom. The maximum atomic E-state index is 6.05. The molecule has 5 nitrogen and oxygen atoms in total. The van der Waals surface area contributed by atoms with Crippen LogP contribution in [0.15, 0.2) is 45.7 Å². The van der Waals surface area contributed by atoms with Gasteiger partial charge in [0, 0.05) is 34.4 Å². The Morgan fingerprint density at radius 2 is 2.19 bits per heavy atom. The van der Waals surface area contributed by atoms with E-state index < -0.39 is 0 Å². The number of nitrogens with two attached hydrogens (primary N) is 1. The fourth-order valence-electron chi connectivity index (χ4n) is 1.96. The van der Waals surface area contributed by atoms with Gasteiger partial charge in [-0.2, -0.15) is 4.40 Å². The Labute approximate surface area is 131 Å². The van der Waals surface area contributed by atoms with Crippen molar-refractivity contribution >= 4 is 46.6 Å². The SMILES string of the molecule is COc1cc(Cl)cc2c1NC(Nc1cccc(N)c1)=NS2. The standard InChI is InChI=1S/C14H13ClN4OS/c1-20-11-5-8(15)6-12-13(11)18-14(19-21-12)17-10-4-2-3-9(16)7-10/h2-7H,16H2,1H3,(H2,17,18,19). The molecule has 0 radical (unpaired) electrons. The third-order valence-electron chi connectivity index (χ3n) is 2.88. The first kappa shape index (κ1) is 13.9. The molecule has 0 saturated carbocycles. The molecule has 0 bridgehead atoms. The van der Waals surface area contributed by atoms with E-state index in [2.05, 4.69) is 15.0 Å². The average Bonchev–Trinajstić information content (AvgIpc) is 2.47. The second-order valence-corrected chi connectivity index (χ2v) is 5.63. The Kier molecular flexibility index (Phi) is 3.81. The van der Waals surface area contributed by atoms with Crippen molar-refractivity contribution in [3.63, 3.8) is 0 Å². The van der Waals surface area contributed by atoms with Crippen LogP contribution >= 0.6 is 23.5 Å². The van der Waals surface area contributed by atoms with Crippen LogP contribution in [0.5, 0.6) is 5.75 Å². The lowest BCUT2D eigenvalue weighted by molar-refractivity contribution is 0.416. The van der Waals surface area contributed by atoms with Crippen molar-refractivity contribution in [3.8, 4) is 5.75 Å². The maximum absolute atomic E-state index is 6.05. The van der Waals surface area contributed by atoms with Crippen LogP contribution in [0, 0.1) is 0 Å². The van der Waals surface area contributed by atoms with Crippen molar-refractivity contribution in [2.24, 2.45) is 4.40 Å². The number of nitrogen functional groups attached to an aromatic ring is 1. The topological polar surface area (TPSA) is 71.7 Å². The third kappa shape index (κ3) is 3.01. The largest absolute Gasteiger partial charge is 0.494 e. The molecule has 0 unspecified atom stereocenters. The number of nitrogens with zero attached hydrogens (tertiary/aromatic N) is 1. The maximum Gasteiger partial charge on any atom is 0.212 e. The van der Waals surface area contributed by atoms with Gasteiger partial charge in [-0.1, -0.05) is 17.7 Å². The van der Waals surface area contributed by atoms with E-state index in [4.69, 9.17) is 22.1 Å². The number of hydrogen-bond donors (Lipinski definition) is 3. The highest BCUT2D eigenvalue weighted by atomic mass is 35.5. The summed E-state index contributed by atoms with van der Waals surface area (Å²) in [5.74, 6) is 1.28. The van der Waals surface area contributed by atoms with Gasteiger partial charge in [0.2, 0.25) is 5.96 Å². The zero-order valence-corrected chi connectivity index (χ0v) is 12.8. The van der Waals surface area contributed by atoms with E-state index in [0.29, 0.717) is 22.4 Å². The van der Waals surface area contributed by atoms with E-state index in [1.54, 1.807) is 13.2 Å². The summed E-state index contributed by atoms with van der Waals surface area (Å²) in [5, 5.41) is 7.00. The monoisotopic (exact) mass is 320 g/mol. The zero-order chi connectivity index (χ0) is 14.8. The molecule has 2 aromatic rings. The number of ether oxygens (including phenoxy) is 1. The molecule has 4 N–H and O–H groups in total. The number of halogens is 1. The van der Waals surface area contributed by atoms with Gasteiger partial charge in [-0.3, -0.25) is 0 Å². The first-order valence-electron chi connectivity index (χ1n) is 6.18. The molecule has 7 heteroatoms. The minimum Gasteiger partial charge on any atom is -0.494 e. The van der Waals surface area contributed by atoms with E-state index in [-0.39, 0.29) is 0 Å². The molecule has 0 fully saturated rings. The molecule has 1 aliphatic heterocycles. The Balaban J connectivity index is 1.85. The van der Waals surface area contributed by atoms with Crippen LogP contribution in [0.4, 0.5) is 17.1 Å². The molecule has 0 saturated heterocycles. The van der Waals surface area contributed by atoms with E-state index in [9.17, 15) is 0 Å². The number of methoxy groups -OCH3 is 1. The number of anilines is 3. The Hall–Kier alpha value is -2.05. The van der Waals surface area contributed by atoms with Crippen LogP contribution in [0.2, 0.25) is 5.02 Å². The van der Waals surface area contributed by atoms with Crippen LogP contribution in [-0.4, -0.2) is 13.1 Å². The van der Waals surface area contributed by atoms with Crippen molar-refractivity contribution in [1.82, 2.24) is 0 Å². The Morgan fingerprint density at radius 3 is 2.95 bits per heavy atom. The number of guanidine groups is 1. The predicted molar refractivity (Wildman–Crippen MR) is 89.4 cm³/mol. The highest BCUT2D eigenvalue weighted by molar-refractivity contribution is 7.98. The zero-order valence-electron chi connectivity index (χ0n) is 11.2. The van der Waals surface area contributed by atoms with Crippen LogP contribution in [-0.2, 0) is 0 Å². The van der Waals surface area contributed by atoms with E-state index in [0.717, 1.165) is 16.3 Å². The molecule has 21 heavy (non-hydrogen) atoms. The highest BCUT2D eigenvalue weighted by Gasteiger charge is 2.18. The smallest absolute Gasteiger partial charge is 0.212 e. The van der Waals surface area contributed by atoms with Gasteiger partial charge in [0.15, 0.2) is 0 Å². The van der Waals surface area contributed by atoms with Crippen molar-refractivity contribution in [3.05, 3.63) is 41.4 Å². The van der Waals surface area contributed by atoms with Gasteiger partial charge in [-0.15, -0.1) is 0 Å². The second-order valence-electron chi connectivity index (χ2n) is 4.39. The molecule has 0 spiro atoms. The second kappa shape index (κ2) is 5.75. The lowest BCUT2D eigenvalue weighted by atomic mass is 10.2. The van der Waals surface area contributed by atoms with Crippen LogP contribution < -0.4 is 21.1 Å². The van der Waals surface area contributed by atoms with Crippen LogP contribution in [0.25, 0.3) is 0 Å². The van der Waals surface area contributed by atoms with Gasteiger partial charge in [0.1, 0.15) is 5.75 Å². The molecule has 1 heterocycles. The van der Waals surface area contributed by atoms with E-state index >= 15 is 0 Å². The van der Waals surface area contributed by atoms with Crippen LogP contribution in [0.3, 0.4) is 0 Å². The first-order chi connectivity index (χ1) is 10.2. The summed E-state index contributed by atoms with van der Waals surface area (Å²) in [6.45, 7) is 0. The van der Waals surface area contributed by atoms with Gasteiger partial charge >= 0.3 is 0 Å². The summed E-state index contributed by atoms with van der Waals surface area (Å²) in [7, 11) is 1.61. The summed E-state index contributed by atoms with van der Waals surface area (Å²) in [5.41, 5.74) is 8.15. The molecule has 2 aromatic carbocycles. The van der Waals surface area contributed by atoms with Crippen molar-refractivity contribution < 1.29 is 4.74 Å². The van der Waals surface area contributed by atoms with Crippen molar-refractivity contribution in [1.29, 1.82) is 0 Å². The van der Waals surface area contributed by atoms with Crippen molar-refractivity contribution in [2.75, 3.05) is 23.5 Å². The number of hydrogen-bond acceptors (Lipinski definition) is 6. The molecular weight excluding hydrogens is 308 g/mol. The van der Waals surface area contributed by atoms with Crippen molar-refractivity contribution in [2.45, 2.75) is 4.90 Å². The minimum absolute atomic E-state index is 0.610. The van der Waals surface area contributed by atoms with E-state index in [1.165, 1.54) is 11.9 Å². The molecule has 108 valence electrons. The minimum atomic E-state index is 0.610. The summed E-state index contributed by atoms with van der Waals surface area (Å²) >= 11 is 7.38. The summed E-state index contributed by atoms with van der Waals surface area (Å²) in [6, 6.07) is 11.1. The van der Waals surface area contributed by atoms with Gasteiger partial charge in [-0.25, -0.2) is 0 Å². The van der Waals surface area contributed by atoms with Gasteiger partial charge in [0.05, 0.1) is 17.7 Å². The number of fused-ring (bicyclic) bond motifs is 1. The fourth-order valence-corrected chi connectivity index (χ4v) is 2.93. The molecule has 0 aliphatic carbocycles. The number of benzene rings is 2. The van der Waals surface area contributed by atoms with Crippen LogP contribution in [0.1, 0.15) is 0 Å². The highest BCUT2D eigenvalue weighted by Crippen LogP contribution is 2.41. The number of nitrogens with one attached hydrogen (secondary N) is 2. The first-order valence-corrected chi connectivity index (χ1v) is 7.33. The lowest BCUT2D eigenvalue weighted by Crippen LogP contribution is -2.24. The summed E-state index contributed by atoms with van der Waals surface area (Å²) < 4.78 is 9.72. The summed E-state index contributed by atoms with van der Waals surface area (Å²) in [6.07, 6.45) is 0. The Bertz CT molecular complexity index is 720. The molecule has 1 aliphatic rings. The molecule has 0 aromatic heterocycles. The summed E-state index contributed by atoms with van der Waals surface area (Å²) in [4.78, 5) is 0.914.